The van der Waals surface area contributed by atoms with E-state index in [1.807, 2.05) is 6.20 Å². The SMILES string of the molecule is C1=CC2Cc3cn[nH]c3CC2C1. The topological polar surface area (TPSA) is 28.7 Å². The molecule has 2 nitrogen and oxygen atoms in total. The molecule has 0 aliphatic heterocycles. The Hall–Kier alpha value is -1.05. The van der Waals surface area contributed by atoms with Crippen molar-refractivity contribution >= 4 is 0 Å². The van der Waals surface area contributed by atoms with E-state index in [4.69, 9.17) is 0 Å². The van der Waals surface area contributed by atoms with E-state index in [2.05, 4.69) is 22.3 Å². The van der Waals surface area contributed by atoms with Gasteiger partial charge in [-0.2, -0.15) is 5.10 Å². The number of H-pyrrole nitrogens is 1. The molecule has 2 atom stereocenters. The summed E-state index contributed by atoms with van der Waals surface area (Å²) in [5.74, 6) is 1.66. The first-order valence-corrected chi connectivity index (χ1v) is 4.61. The Bertz CT molecular complexity index is 324. The average Bonchev–Trinajstić information content (AvgIpc) is 2.64. The average molecular weight is 160 g/mol. The molecule has 0 amide bonds. The Morgan fingerprint density at radius 1 is 1.42 bits per heavy atom. The predicted molar refractivity (Wildman–Crippen MR) is 46.7 cm³/mol. The summed E-state index contributed by atoms with van der Waals surface area (Å²) in [6.45, 7) is 0. The van der Waals surface area contributed by atoms with Crippen LogP contribution in [0.2, 0.25) is 0 Å². The van der Waals surface area contributed by atoms with E-state index in [-0.39, 0.29) is 0 Å². The van der Waals surface area contributed by atoms with Gasteiger partial charge in [0.05, 0.1) is 6.20 Å². The minimum absolute atomic E-state index is 0.801. The molecule has 0 spiro atoms. The van der Waals surface area contributed by atoms with Gasteiger partial charge in [-0.25, -0.2) is 0 Å². The number of hydrogen-bond acceptors (Lipinski definition) is 1. The van der Waals surface area contributed by atoms with E-state index in [1.54, 1.807) is 0 Å². The highest BCUT2D eigenvalue weighted by atomic mass is 15.1. The van der Waals surface area contributed by atoms with Gasteiger partial charge in [0.2, 0.25) is 0 Å². The molecular formula is C10H12N2. The lowest BCUT2D eigenvalue weighted by atomic mass is 9.81. The molecule has 0 saturated carbocycles. The second kappa shape index (κ2) is 2.22. The van der Waals surface area contributed by atoms with Gasteiger partial charge in [0, 0.05) is 5.69 Å². The molecular weight excluding hydrogens is 148 g/mol. The first kappa shape index (κ1) is 6.46. The number of hydrogen-bond donors (Lipinski definition) is 1. The summed E-state index contributed by atoms with van der Waals surface area (Å²) >= 11 is 0. The minimum Gasteiger partial charge on any atom is -0.282 e. The zero-order chi connectivity index (χ0) is 7.97. The van der Waals surface area contributed by atoms with Crippen LogP contribution in [0.5, 0.6) is 0 Å². The van der Waals surface area contributed by atoms with Gasteiger partial charge in [-0.15, -0.1) is 0 Å². The Kier molecular flexibility index (Phi) is 1.20. The fraction of sp³-hybridized carbons (Fsp3) is 0.500. The van der Waals surface area contributed by atoms with E-state index < -0.39 is 0 Å². The van der Waals surface area contributed by atoms with Crippen molar-refractivity contribution in [1.29, 1.82) is 0 Å². The molecule has 1 aromatic heterocycles. The minimum atomic E-state index is 0.801. The van der Waals surface area contributed by atoms with Crippen LogP contribution in [0.3, 0.4) is 0 Å². The van der Waals surface area contributed by atoms with Crippen LogP contribution < -0.4 is 0 Å². The van der Waals surface area contributed by atoms with Crippen LogP contribution >= 0.6 is 0 Å². The lowest BCUT2D eigenvalue weighted by Crippen LogP contribution is -2.20. The van der Waals surface area contributed by atoms with Gasteiger partial charge in [0.15, 0.2) is 0 Å². The van der Waals surface area contributed by atoms with E-state index in [0.717, 1.165) is 11.8 Å². The standard InChI is InChI=1S/C10H12N2/c1-2-7-4-9-6-11-12-10(9)5-8(7)3-1/h1-2,6-8H,3-5H2,(H,11,12). The van der Waals surface area contributed by atoms with Crippen LogP contribution in [0.15, 0.2) is 18.3 Å². The van der Waals surface area contributed by atoms with Gasteiger partial charge in [-0.05, 0) is 36.7 Å². The number of fused-ring (bicyclic) bond motifs is 2. The second-order valence-electron chi connectivity index (χ2n) is 3.87. The molecule has 0 saturated heterocycles. The van der Waals surface area contributed by atoms with Crippen LogP contribution in [0.4, 0.5) is 0 Å². The number of nitrogens with zero attached hydrogens (tertiary/aromatic N) is 1. The normalized spacial score (nSPS) is 31.7. The molecule has 1 aromatic rings. The Labute approximate surface area is 71.7 Å². The Morgan fingerprint density at radius 3 is 3.42 bits per heavy atom. The van der Waals surface area contributed by atoms with Gasteiger partial charge in [0.1, 0.15) is 0 Å². The van der Waals surface area contributed by atoms with Crippen molar-refractivity contribution < 1.29 is 0 Å². The smallest absolute Gasteiger partial charge is 0.0522 e. The van der Waals surface area contributed by atoms with E-state index >= 15 is 0 Å². The largest absolute Gasteiger partial charge is 0.282 e. The zero-order valence-corrected chi connectivity index (χ0v) is 6.96. The molecule has 1 heterocycles. The van der Waals surface area contributed by atoms with Crippen molar-refractivity contribution in [1.82, 2.24) is 10.2 Å². The summed E-state index contributed by atoms with van der Waals surface area (Å²) in [4.78, 5) is 0. The van der Waals surface area contributed by atoms with Crippen LogP contribution in [-0.4, -0.2) is 10.2 Å². The van der Waals surface area contributed by atoms with Crippen LogP contribution in [0.25, 0.3) is 0 Å². The second-order valence-corrected chi connectivity index (χ2v) is 3.87. The molecule has 0 radical (unpaired) electrons. The number of aromatic nitrogens is 2. The molecule has 0 bridgehead atoms. The molecule has 2 heteroatoms. The molecule has 2 aliphatic rings. The van der Waals surface area contributed by atoms with Crippen molar-refractivity contribution in [3.8, 4) is 0 Å². The van der Waals surface area contributed by atoms with Crippen molar-refractivity contribution in [2.24, 2.45) is 11.8 Å². The summed E-state index contributed by atoms with van der Waals surface area (Å²) in [5.41, 5.74) is 2.81. The monoisotopic (exact) mass is 160 g/mol. The lowest BCUT2D eigenvalue weighted by molar-refractivity contribution is 0.392. The van der Waals surface area contributed by atoms with Crippen molar-refractivity contribution in [3.05, 3.63) is 29.6 Å². The molecule has 3 rings (SSSR count). The van der Waals surface area contributed by atoms with Crippen LogP contribution in [0.1, 0.15) is 17.7 Å². The van der Waals surface area contributed by atoms with E-state index in [1.165, 1.54) is 30.5 Å². The first-order valence-electron chi connectivity index (χ1n) is 4.61. The maximum Gasteiger partial charge on any atom is 0.0522 e. The molecule has 62 valence electrons. The molecule has 12 heavy (non-hydrogen) atoms. The maximum atomic E-state index is 4.08. The molecule has 1 N–H and O–H groups in total. The lowest BCUT2D eigenvalue weighted by Gasteiger charge is -2.24. The fourth-order valence-corrected chi connectivity index (χ4v) is 2.44. The Balaban J connectivity index is 1.99. The number of rotatable bonds is 0. The highest BCUT2D eigenvalue weighted by Gasteiger charge is 2.29. The third kappa shape index (κ3) is 0.779. The number of aromatic amines is 1. The summed E-state index contributed by atoms with van der Waals surface area (Å²) in [6, 6.07) is 0. The van der Waals surface area contributed by atoms with Gasteiger partial charge < -0.3 is 0 Å². The fourth-order valence-electron chi connectivity index (χ4n) is 2.44. The molecule has 0 fully saturated rings. The summed E-state index contributed by atoms with van der Waals surface area (Å²) in [7, 11) is 0. The van der Waals surface area contributed by atoms with Gasteiger partial charge in [-0.3, -0.25) is 5.10 Å². The number of allylic oxidation sites excluding steroid dienone is 2. The van der Waals surface area contributed by atoms with Crippen molar-refractivity contribution in [2.45, 2.75) is 19.3 Å². The van der Waals surface area contributed by atoms with Gasteiger partial charge in [0.25, 0.3) is 0 Å². The van der Waals surface area contributed by atoms with Crippen molar-refractivity contribution in [2.75, 3.05) is 0 Å². The summed E-state index contributed by atoms with van der Waals surface area (Å²) in [5, 5.41) is 7.17. The van der Waals surface area contributed by atoms with E-state index in [9.17, 15) is 0 Å². The quantitative estimate of drug-likeness (QED) is 0.575. The highest BCUT2D eigenvalue weighted by Crippen LogP contribution is 2.35. The maximum absolute atomic E-state index is 4.08. The number of nitrogens with one attached hydrogen (secondary N) is 1. The van der Waals surface area contributed by atoms with E-state index in [0.29, 0.717) is 0 Å². The van der Waals surface area contributed by atoms with Crippen LogP contribution in [0, 0.1) is 11.8 Å². The highest BCUT2D eigenvalue weighted by molar-refractivity contribution is 5.25. The third-order valence-electron chi connectivity index (χ3n) is 3.16. The molecule has 2 unspecified atom stereocenters. The van der Waals surface area contributed by atoms with Crippen molar-refractivity contribution in [3.63, 3.8) is 0 Å². The summed E-state index contributed by atoms with van der Waals surface area (Å²) in [6.07, 6.45) is 10.4. The molecule has 0 aromatic carbocycles. The van der Waals surface area contributed by atoms with Crippen LogP contribution in [-0.2, 0) is 12.8 Å². The summed E-state index contributed by atoms with van der Waals surface area (Å²) < 4.78 is 0. The predicted octanol–water partition coefficient (Wildman–Crippen LogP) is 1.70. The third-order valence-corrected chi connectivity index (χ3v) is 3.16. The van der Waals surface area contributed by atoms with Gasteiger partial charge in [-0.1, -0.05) is 12.2 Å². The van der Waals surface area contributed by atoms with Gasteiger partial charge >= 0.3 is 0 Å². The first-order chi connectivity index (χ1) is 5.93. The Morgan fingerprint density at radius 2 is 2.42 bits per heavy atom. The zero-order valence-electron chi connectivity index (χ0n) is 6.96. The molecule has 2 aliphatic carbocycles.